The van der Waals surface area contributed by atoms with Crippen molar-refractivity contribution in [1.29, 1.82) is 0 Å². The second-order valence-corrected chi connectivity index (χ2v) is 4.78. The number of nitrogen functional groups attached to an aromatic ring is 1. The molecule has 0 atom stereocenters. The maximum Gasteiger partial charge on any atom is 0.255 e. The first-order valence-electron chi connectivity index (χ1n) is 6.56. The Bertz CT molecular complexity index is 499. The van der Waals surface area contributed by atoms with Gasteiger partial charge >= 0.3 is 0 Å². The highest BCUT2D eigenvalue weighted by Gasteiger charge is 2.28. The Hall–Kier alpha value is -2.04. The van der Waals surface area contributed by atoms with E-state index in [0.717, 1.165) is 18.4 Å². The molecule has 3 N–H and O–H groups in total. The third-order valence-electron chi connectivity index (χ3n) is 3.20. The zero-order valence-corrected chi connectivity index (χ0v) is 11.1. The number of anilines is 1. The molecular formula is C14H19N3O2. The first-order valence-corrected chi connectivity index (χ1v) is 6.56. The van der Waals surface area contributed by atoms with E-state index in [1.165, 1.54) is 0 Å². The second kappa shape index (κ2) is 5.73. The van der Waals surface area contributed by atoms with Crippen molar-refractivity contribution in [3.8, 4) is 0 Å². The number of hydrogen-bond acceptors (Lipinski definition) is 3. The molecule has 0 spiro atoms. The number of benzene rings is 1. The highest BCUT2D eigenvalue weighted by Crippen LogP contribution is 2.24. The van der Waals surface area contributed by atoms with Crippen LogP contribution in [0.5, 0.6) is 0 Å². The fourth-order valence-corrected chi connectivity index (χ4v) is 2.14. The van der Waals surface area contributed by atoms with Gasteiger partial charge in [0.2, 0.25) is 5.91 Å². The molecule has 2 rings (SSSR count). The first-order chi connectivity index (χ1) is 9.11. The third kappa shape index (κ3) is 3.05. The standard InChI is InChI=1S/C14H19N3O2/c1-2-3-6-16-13(18)9-17-8-10-4-5-11(15)7-12(10)14(17)19/h4-5,7H,2-3,6,8-9,15H2,1H3,(H,16,18). The minimum Gasteiger partial charge on any atom is -0.399 e. The molecule has 5 nitrogen and oxygen atoms in total. The molecule has 0 bridgehead atoms. The summed E-state index contributed by atoms with van der Waals surface area (Å²) in [6.07, 6.45) is 1.99. The van der Waals surface area contributed by atoms with Gasteiger partial charge in [-0.25, -0.2) is 0 Å². The average molecular weight is 261 g/mol. The van der Waals surface area contributed by atoms with E-state index in [4.69, 9.17) is 5.73 Å². The van der Waals surface area contributed by atoms with Gasteiger partial charge in [-0.05, 0) is 24.1 Å². The molecule has 5 heteroatoms. The Morgan fingerprint density at radius 2 is 2.26 bits per heavy atom. The average Bonchev–Trinajstić information content (AvgIpc) is 2.67. The fourth-order valence-electron chi connectivity index (χ4n) is 2.14. The zero-order chi connectivity index (χ0) is 13.8. The van der Waals surface area contributed by atoms with Gasteiger partial charge in [0.25, 0.3) is 5.91 Å². The lowest BCUT2D eigenvalue weighted by Gasteiger charge is -2.15. The topological polar surface area (TPSA) is 75.4 Å². The molecule has 0 fully saturated rings. The monoisotopic (exact) mass is 261 g/mol. The molecule has 1 aliphatic rings. The van der Waals surface area contributed by atoms with Crippen LogP contribution in [-0.4, -0.2) is 29.8 Å². The van der Waals surface area contributed by atoms with E-state index >= 15 is 0 Å². The Labute approximate surface area is 112 Å². The number of nitrogens with zero attached hydrogens (tertiary/aromatic N) is 1. The second-order valence-electron chi connectivity index (χ2n) is 4.78. The van der Waals surface area contributed by atoms with Crippen molar-refractivity contribution in [3.05, 3.63) is 29.3 Å². The van der Waals surface area contributed by atoms with E-state index in [2.05, 4.69) is 12.2 Å². The maximum atomic E-state index is 12.1. The van der Waals surface area contributed by atoms with Gasteiger partial charge < -0.3 is 16.0 Å². The Kier molecular flexibility index (Phi) is 4.04. The summed E-state index contributed by atoms with van der Waals surface area (Å²) in [5, 5.41) is 2.81. The fraction of sp³-hybridized carbons (Fsp3) is 0.429. The third-order valence-corrected chi connectivity index (χ3v) is 3.20. The number of nitrogens with two attached hydrogens (primary N) is 1. The number of unbranched alkanes of at least 4 members (excludes halogenated alkanes) is 1. The van der Waals surface area contributed by atoms with E-state index in [1.54, 1.807) is 17.0 Å². The van der Waals surface area contributed by atoms with Crippen LogP contribution in [0.2, 0.25) is 0 Å². The summed E-state index contributed by atoms with van der Waals surface area (Å²) in [4.78, 5) is 25.4. The van der Waals surface area contributed by atoms with E-state index in [1.807, 2.05) is 6.07 Å². The molecule has 0 aliphatic carbocycles. The van der Waals surface area contributed by atoms with Crippen LogP contribution in [0.3, 0.4) is 0 Å². The van der Waals surface area contributed by atoms with Gasteiger partial charge in [-0.15, -0.1) is 0 Å². The summed E-state index contributed by atoms with van der Waals surface area (Å²) in [5.41, 5.74) is 7.78. The van der Waals surface area contributed by atoms with Gasteiger partial charge in [-0.3, -0.25) is 9.59 Å². The molecule has 0 unspecified atom stereocenters. The minimum absolute atomic E-state index is 0.108. The SMILES string of the molecule is CCCCNC(=O)CN1Cc2ccc(N)cc2C1=O. The summed E-state index contributed by atoms with van der Waals surface area (Å²) in [6.45, 7) is 3.32. The maximum absolute atomic E-state index is 12.1. The highest BCUT2D eigenvalue weighted by atomic mass is 16.2. The van der Waals surface area contributed by atoms with Gasteiger partial charge in [0.05, 0.1) is 0 Å². The predicted molar refractivity (Wildman–Crippen MR) is 73.5 cm³/mol. The van der Waals surface area contributed by atoms with Crippen LogP contribution in [-0.2, 0) is 11.3 Å². The summed E-state index contributed by atoms with van der Waals surface area (Å²) in [6, 6.07) is 5.29. The molecule has 1 heterocycles. The lowest BCUT2D eigenvalue weighted by Crippen LogP contribution is -2.37. The molecule has 1 aromatic rings. The number of carbonyl (C=O) groups is 2. The molecule has 1 aliphatic heterocycles. The zero-order valence-electron chi connectivity index (χ0n) is 11.1. The molecule has 2 amide bonds. The smallest absolute Gasteiger partial charge is 0.255 e. The van der Waals surface area contributed by atoms with Crippen LogP contribution < -0.4 is 11.1 Å². The normalized spacial score (nSPS) is 13.5. The van der Waals surface area contributed by atoms with Crippen molar-refractivity contribution >= 4 is 17.5 Å². The number of hydrogen-bond donors (Lipinski definition) is 2. The quantitative estimate of drug-likeness (QED) is 0.616. The van der Waals surface area contributed by atoms with Crippen molar-refractivity contribution in [1.82, 2.24) is 10.2 Å². The van der Waals surface area contributed by atoms with Crippen LogP contribution in [0.25, 0.3) is 0 Å². The molecular weight excluding hydrogens is 242 g/mol. The van der Waals surface area contributed by atoms with Crippen molar-refractivity contribution in [2.45, 2.75) is 26.3 Å². The summed E-state index contributed by atoms with van der Waals surface area (Å²) < 4.78 is 0. The summed E-state index contributed by atoms with van der Waals surface area (Å²) in [5.74, 6) is -0.226. The van der Waals surface area contributed by atoms with Crippen LogP contribution >= 0.6 is 0 Å². The molecule has 102 valence electrons. The number of carbonyl (C=O) groups excluding carboxylic acids is 2. The predicted octanol–water partition coefficient (Wildman–Crippen LogP) is 1.14. The van der Waals surface area contributed by atoms with Gasteiger partial charge in [-0.2, -0.15) is 0 Å². The molecule has 0 aromatic heterocycles. The molecule has 0 saturated heterocycles. The molecule has 0 saturated carbocycles. The van der Waals surface area contributed by atoms with Gasteiger partial charge in [-0.1, -0.05) is 19.4 Å². The Balaban J connectivity index is 1.94. The number of nitrogens with one attached hydrogen (secondary N) is 1. The van der Waals surface area contributed by atoms with E-state index < -0.39 is 0 Å². The van der Waals surface area contributed by atoms with Gasteiger partial charge in [0.15, 0.2) is 0 Å². The number of fused-ring (bicyclic) bond motifs is 1. The van der Waals surface area contributed by atoms with E-state index in [9.17, 15) is 9.59 Å². The molecule has 19 heavy (non-hydrogen) atoms. The highest BCUT2D eigenvalue weighted by molar-refractivity contribution is 6.00. The molecule has 0 radical (unpaired) electrons. The first kappa shape index (κ1) is 13.4. The van der Waals surface area contributed by atoms with Crippen molar-refractivity contribution < 1.29 is 9.59 Å². The number of amides is 2. The van der Waals surface area contributed by atoms with Crippen molar-refractivity contribution in [2.75, 3.05) is 18.8 Å². The van der Waals surface area contributed by atoms with Gasteiger partial charge in [0, 0.05) is 24.3 Å². The minimum atomic E-state index is -0.118. The van der Waals surface area contributed by atoms with Crippen LogP contribution in [0.15, 0.2) is 18.2 Å². The van der Waals surface area contributed by atoms with Crippen LogP contribution in [0, 0.1) is 0 Å². The largest absolute Gasteiger partial charge is 0.399 e. The van der Waals surface area contributed by atoms with Crippen LogP contribution in [0.1, 0.15) is 35.7 Å². The number of rotatable bonds is 5. The lowest BCUT2D eigenvalue weighted by atomic mass is 10.1. The van der Waals surface area contributed by atoms with E-state index in [-0.39, 0.29) is 18.4 Å². The van der Waals surface area contributed by atoms with Gasteiger partial charge in [0.1, 0.15) is 6.54 Å². The summed E-state index contributed by atoms with van der Waals surface area (Å²) in [7, 11) is 0. The Morgan fingerprint density at radius 3 is 3.00 bits per heavy atom. The Morgan fingerprint density at radius 1 is 1.47 bits per heavy atom. The summed E-state index contributed by atoms with van der Waals surface area (Å²) >= 11 is 0. The van der Waals surface area contributed by atoms with Crippen molar-refractivity contribution in [2.24, 2.45) is 0 Å². The lowest BCUT2D eigenvalue weighted by molar-refractivity contribution is -0.121. The van der Waals surface area contributed by atoms with Crippen LogP contribution in [0.4, 0.5) is 5.69 Å². The molecule has 1 aromatic carbocycles. The van der Waals surface area contributed by atoms with Crippen molar-refractivity contribution in [3.63, 3.8) is 0 Å². The van der Waals surface area contributed by atoms with E-state index in [0.29, 0.717) is 24.3 Å².